The van der Waals surface area contributed by atoms with Crippen LogP contribution >= 0.6 is 0 Å². The van der Waals surface area contributed by atoms with Crippen LogP contribution in [0.4, 0.5) is 0 Å². The fourth-order valence-corrected chi connectivity index (χ4v) is 3.30. The van der Waals surface area contributed by atoms with Gasteiger partial charge in [-0.1, -0.05) is 50.2 Å². The number of aromatic amines is 1. The van der Waals surface area contributed by atoms with Crippen molar-refractivity contribution in [1.29, 1.82) is 0 Å². The maximum absolute atomic E-state index is 12.6. The second kappa shape index (κ2) is 8.09. The molecule has 1 heterocycles. The zero-order valence-electron chi connectivity index (χ0n) is 15.6. The lowest BCUT2D eigenvalue weighted by Crippen LogP contribution is -2.28. The predicted octanol–water partition coefficient (Wildman–Crippen LogP) is 4.47. The van der Waals surface area contributed by atoms with Crippen LogP contribution in [0.3, 0.4) is 0 Å². The highest BCUT2D eigenvalue weighted by atomic mass is 16.5. The molecule has 3 rings (SSSR count). The van der Waals surface area contributed by atoms with Crippen molar-refractivity contribution in [2.75, 3.05) is 13.7 Å². The number of ether oxygens (including phenoxy) is 1. The number of amides is 1. The zero-order valence-corrected chi connectivity index (χ0v) is 15.6. The lowest BCUT2D eigenvalue weighted by molar-refractivity contribution is -0.121. The predicted molar refractivity (Wildman–Crippen MR) is 106 cm³/mol. The third kappa shape index (κ3) is 3.90. The molecule has 0 spiro atoms. The first-order chi connectivity index (χ1) is 12.6. The second-order valence-electron chi connectivity index (χ2n) is 6.99. The minimum absolute atomic E-state index is 0.0555. The summed E-state index contributed by atoms with van der Waals surface area (Å²) in [5, 5.41) is 4.18. The molecule has 1 amide bonds. The van der Waals surface area contributed by atoms with Crippen molar-refractivity contribution in [2.45, 2.75) is 26.2 Å². The standard InChI is InChI=1S/C22H26N2O2/c1-15(2)13-24-22(25)12-18(17-9-5-7-11-21(17)26-3)19-14-23-20-10-6-4-8-16(19)20/h4-11,14-15,18,23H,12-13H2,1-3H3,(H,24,25)/t18-/m0/s1. The van der Waals surface area contributed by atoms with Crippen LogP contribution in [-0.2, 0) is 4.79 Å². The summed E-state index contributed by atoms with van der Waals surface area (Å²) >= 11 is 0. The van der Waals surface area contributed by atoms with Crippen LogP contribution < -0.4 is 10.1 Å². The first-order valence-electron chi connectivity index (χ1n) is 9.05. The van der Waals surface area contributed by atoms with Gasteiger partial charge in [0.1, 0.15) is 5.75 Å². The van der Waals surface area contributed by atoms with Crippen molar-refractivity contribution in [2.24, 2.45) is 5.92 Å². The molecule has 0 aliphatic heterocycles. The van der Waals surface area contributed by atoms with Crippen molar-refractivity contribution in [3.05, 3.63) is 65.9 Å². The fraction of sp³-hybridized carbons (Fsp3) is 0.318. The summed E-state index contributed by atoms with van der Waals surface area (Å²) in [7, 11) is 1.67. The largest absolute Gasteiger partial charge is 0.496 e. The Morgan fingerprint density at radius 3 is 2.58 bits per heavy atom. The third-order valence-electron chi connectivity index (χ3n) is 4.61. The van der Waals surface area contributed by atoms with Gasteiger partial charge in [-0.2, -0.15) is 0 Å². The average molecular weight is 350 g/mol. The lowest BCUT2D eigenvalue weighted by Gasteiger charge is -2.20. The van der Waals surface area contributed by atoms with E-state index in [1.807, 2.05) is 42.6 Å². The van der Waals surface area contributed by atoms with Crippen molar-refractivity contribution < 1.29 is 9.53 Å². The summed E-state index contributed by atoms with van der Waals surface area (Å²) in [4.78, 5) is 15.9. The summed E-state index contributed by atoms with van der Waals surface area (Å²) < 4.78 is 5.57. The molecule has 1 aromatic heterocycles. The van der Waals surface area contributed by atoms with E-state index in [0.717, 1.165) is 27.8 Å². The molecular formula is C22H26N2O2. The second-order valence-corrected chi connectivity index (χ2v) is 6.99. The topological polar surface area (TPSA) is 54.1 Å². The highest BCUT2D eigenvalue weighted by Crippen LogP contribution is 2.37. The fourth-order valence-electron chi connectivity index (χ4n) is 3.30. The van der Waals surface area contributed by atoms with E-state index in [0.29, 0.717) is 18.9 Å². The van der Waals surface area contributed by atoms with Crippen molar-refractivity contribution >= 4 is 16.8 Å². The molecule has 0 aliphatic rings. The quantitative estimate of drug-likeness (QED) is 0.660. The SMILES string of the molecule is COc1ccccc1[C@H](CC(=O)NCC(C)C)c1c[nH]c2ccccc12. The van der Waals surface area contributed by atoms with E-state index in [1.165, 1.54) is 0 Å². The molecule has 26 heavy (non-hydrogen) atoms. The molecule has 1 atom stereocenters. The first-order valence-corrected chi connectivity index (χ1v) is 9.05. The molecule has 3 aromatic rings. The number of hydrogen-bond donors (Lipinski definition) is 2. The Morgan fingerprint density at radius 1 is 1.08 bits per heavy atom. The molecule has 0 aliphatic carbocycles. The molecule has 0 fully saturated rings. The van der Waals surface area contributed by atoms with Crippen molar-refractivity contribution in [3.8, 4) is 5.75 Å². The maximum Gasteiger partial charge on any atom is 0.220 e. The minimum Gasteiger partial charge on any atom is -0.496 e. The van der Waals surface area contributed by atoms with Gasteiger partial charge >= 0.3 is 0 Å². The Bertz CT molecular complexity index is 882. The van der Waals surface area contributed by atoms with Gasteiger partial charge in [-0.15, -0.1) is 0 Å². The Morgan fingerprint density at radius 2 is 1.81 bits per heavy atom. The summed E-state index contributed by atoms with van der Waals surface area (Å²) in [6, 6.07) is 16.1. The molecule has 0 radical (unpaired) electrons. The normalized spacial score (nSPS) is 12.3. The Hall–Kier alpha value is -2.75. The van der Waals surface area contributed by atoms with E-state index in [-0.39, 0.29) is 11.8 Å². The number of carbonyl (C=O) groups is 1. The summed E-state index contributed by atoms with van der Waals surface area (Å²) in [5.41, 5.74) is 3.22. The number of benzene rings is 2. The van der Waals surface area contributed by atoms with Gasteiger partial charge in [0, 0.05) is 41.5 Å². The van der Waals surface area contributed by atoms with Gasteiger partial charge in [-0.3, -0.25) is 4.79 Å². The number of fused-ring (bicyclic) bond motifs is 1. The molecule has 2 aromatic carbocycles. The van der Waals surface area contributed by atoms with Gasteiger partial charge in [0.05, 0.1) is 7.11 Å². The summed E-state index contributed by atoms with van der Waals surface area (Å²) in [6.07, 6.45) is 2.40. The Labute approximate surface area is 154 Å². The molecule has 136 valence electrons. The molecule has 0 saturated heterocycles. The van der Waals surface area contributed by atoms with Gasteiger partial charge < -0.3 is 15.0 Å². The lowest BCUT2D eigenvalue weighted by atomic mass is 9.87. The van der Waals surface area contributed by atoms with E-state index >= 15 is 0 Å². The summed E-state index contributed by atoms with van der Waals surface area (Å²) in [5.74, 6) is 1.21. The molecule has 0 saturated carbocycles. The van der Waals surface area contributed by atoms with Crippen LogP contribution in [0, 0.1) is 5.92 Å². The van der Waals surface area contributed by atoms with Crippen LogP contribution in [0.5, 0.6) is 5.75 Å². The number of carbonyl (C=O) groups excluding carboxylic acids is 1. The zero-order chi connectivity index (χ0) is 18.5. The van der Waals surface area contributed by atoms with E-state index < -0.39 is 0 Å². The number of hydrogen-bond acceptors (Lipinski definition) is 2. The molecule has 0 unspecified atom stereocenters. The number of H-pyrrole nitrogens is 1. The smallest absolute Gasteiger partial charge is 0.220 e. The number of aromatic nitrogens is 1. The number of para-hydroxylation sites is 2. The van der Waals surface area contributed by atoms with Gasteiger partial charge in [0.15, 0.2) is 0 Å². The van der Waals surface area contributed by atoms with Crippen LogP contribution in [0.15, 0.2) is 54.7 Å². The maximum atomic E-state index is 12.6. The third-order valence-corrected chi connectivity index (χ3v) is 4.61. The molecule has 4 heteroatoms. The van der Waals surface area contributed by atoms with E-state index in [4.69, 9.17) is 4.74 Å². The van der Waals surface area contributed by atoms with E-state index in [1.54, 1.807) is 7.11 Å². The van der Waals surface area contributed by atoms with Crippen molar-refractivity contribution in [1.82, 2.24) is 10.3 Å². The van der Waals surface area contributed by atoms with Crippen LogP contribution in [0.2, 0.25) is 0 Å². The van der Waals surface area contributed by atoms with Crippen molar-refractivity contribution in [3.63, 3.8) is 0 Å². The highest BCUT2D eigenvalue weighted by molar-refractivity contribution is 5.86. The monoisotopic (exact) mass is 350 g/mol. The minimum atomic E-state index is -0.0746. The molecule has 0 bridgehead atoms. The van der Waals surface area contributed by atoms with E-state index in [9.17, 15) is 4.79 Å². The van der Waals surface area contributed by atoms with Gasteiger partial charge in [-0.25, -0.2) is 0 Å². The highest BCUT2D eigenvalue weighted by Gasteiger charge is 2.24. The van der Waals surface area contributed by atoms with Gasteiger partial charge in [0.2, 0.25) is 5.91 Å². The number of nitrogens with one attached hydrogen (secondary N) is 2. The molecule has 4 nitrogen and oxygen atoms in total. The van der Waals surface area contributed by atoms with Crippen LogP contribution in [0.1, 0.15) is 37.3 Å². The molecular weight excluding hydrogens is 324 g/mol. The Kier molecular flexibility index (Phi) is 5.61. The first kappa shape index (κ1) is 18.1. The van der Waals surface area contributed by atoms with Crippen LogP contribution in [-0.4, -0.2) is 24.5 Å². The number of rotatable bonds is 7. The number of methoxy groups -OCH3 is 1. The average Bonchev–Trinajstić information content (AvgIpc) is 3.08. The van der Waals surface area contributed by atoms with Gasteiger partial charge in [-0.05, 0) is 23.6 Å². The summed E-state index contributed by atoms with van der Waals surface area (Å²) in [6.45, 7) is 4.88. The van der Waals surface area contributed by atoms with Gasteiger partial charge in [0.25, 0.3) is 0 Å². The Balaban J connectivity index is 2.00. The van der Waals surface area contributed by atoms with E-state index in [2.05, 4.69) is 36.3 Å². The van der Waals surface area contributed by atoms with Crippen LogP contribution in [0.25, 0.3) is 10.9 Å². The molecule has 2 N–H and O–H groups in total.